The summed E-state index contributed by atoms with van der Waals surface area (Å²) in [6.07, 6.45) is 0. The van der Waals surface area contributed by atoms with Crippen LogP contribution < -0.4 is 14.4 Å². The maximum atomic E-state index is 7.43. The molecule has 62 heavy (non-hydrogen) atoms. The van der Waals surface area contributed by atoms with Crippen molar-refractivity contribution in [1.29, 1.82) is 0 Å². The van der Waals surface area contributed by atoms with E-state index in [1.807, 2.05) is 6.07 Å². The lowest BCUT2D eigenvalue weighted by molar-refractivity contribution is 0.361. The third-order valence-corrected chi connectivity index (χ3v) is 13.4. The molecular weight excluding hydrogens is 757 g/mol. The molecule has 10 aromatic rings. The highest BCUT2D eigenvalue weighted by molar-refractivity contribution is 6.10. The lowest BCUT2D eigenvalue weighted by Gasteiger charge is -2.32. The molecule has 0 atom stereocenters. The van der Waals surface area contributed by atoms with Crippen LogP contribution in [0, 0.1) is 0 Å². The first-order chi connectivity index (χ1) is 30.6. The Morgan fingerprint density at radius 3 is 1.77 bits per heavy atom. The number of rotatable bonds is 5. The zero-order valence-electron chi connectivity index (χ0n) is 34.3. The van der Waals surface area contributed by atoms with Gasteiger partial charge in [0.2, 0.25) is 0 Å². The summed E-state index contributed by atoms with van der Waals surface area (Å²) in [5.74, 6) is 2.80. The molecule has 4 heteroatoms. The molecule has 0 N–H and O–H groups in total. The van der Waals surface area contributed by atoms with Crippen molar-refractivity contribution in [2.45, 2.75) is 25.3 Å². The van der Waals surface area contributed by atoms with Gasteiger partial charge in [0.25, 0.3) is 0 Å². The van der Waals surface area contributed by atoms with Gasteiger partial charge in [-0.15, -0.1) is 0 Å². The molecule has 3 aliphatic rings. The number of benzene rings is 9. The first-order valence-corrected chi connectivity index (χ1v) is 21.5. The summed E-state index contributed by atoms with van der Waals surface area (Å²) in [7, 11) is 0. The molecular formula is C58H40N2O2. The highest BCUT2D eigenvalue weighted by Crippen LogP contribution is 2.67. The number of fused-ring (bicyclic) bond motifs is 16. The largest absolute Gasteiger partial charge is 0.449 e. The molecule has 1 spiro atoms. The van der Waals surface area contributed by atoms with Gasteiger partial charge in [-0.1, -0.05) is 146 Å². The van der Waals surface area contributed by atoms with E-state index in [0.717, 1.165) is 39.5 Å². The lowest BCUT2D eigenvalue weighted by Crippen LogP contribution is -2.25. The van der Waals surface area contributed by atoms with Crippen molar-refractivity contribution in [3.05, 3.63) is 222 Å². The summed E-state index contributed by atoms with van der Waals surface area (Å²) < 4.78 is 16.8. The van der Waals surface area contributed by atoms with Crippen LogP contribution in [0.1, 0.15) is 42.1 Å². The first-order valence-electron chi connectivity index (χ1n) is 21.5. The number of hydrogen-bond acceptors (Lipinski definition) is 3. The van der Waals surface area contributed by atoms with E-state index < -0.39 is 5.41 Å². The maximum absolute atomic E-state index is 7.43. The van der Waals surface area contributed by atoms with Crippen LogP contribution in [0.2, 0.25) is 0 Å². The summed E-state index contributed by atoms with van der Waals surface area (Å²) in [5.41, 5.74) is 17.1. The minimum absolute atomic E-state index is 0.300. The normalized spacial score (nSPS) is 13.5. The van der Waals surface area contributed by atoms with Crippen molar-refractivity contribution in [3.63, 3.8) is 0 Å². The average Bonchev–Trinajstić information content (AvgIpc) is 3.94. The van der Waals surface area contributed by atoms with E-state index in [-0.39, 0.29) is 0 Å². The van der Waals surface area contributed by atoms with Crippen molar-refractivity contribution in [2.75, 3.05) is 4.90 Å². The zero-order valence-corrected chi connectivity index (χ0v) is 34.3. The van der Waals surface area contributed by atoms with Crippen LogP contribution in [-0.4, -0.2) is 4.57 Å². The van der Waals surface area contributed by atoms with Gasteiger partial charge >= 0.3 is 0 Å². The van der Waals surface area contributed by atoms with Gasteiger partial charge < -0.3 is 18.9 Å². The molecule has 0 fully saturated rings. The predicted octanol–water partition coefficient (Wildman–Crippen LogP) is 15.8. The van der Waals surface area contributed by atoms with Crippen LogP contribution in [0.25, 0.3) is 55.2 Å². The van der Waals surface area contributed by atoms with E-state index in [1.54, 1.807) is 0 Å². The minimum Gasteiger partial charge on any atom is -0.449 e. The topological polar surface area (TPSA) is 26.6 Å². The fourth-order valence-electron chi connectivity index (χ4n) is 10.9. The molecule has 294 valence electrons. The van der Waals surface area contributed by atoms with Gasteiger partial charge in [0, 0.05) is 44.8 Å². The number of para-hydroxylation sites is 2. The number of ether oxygens (including phenoxy) is 2. The van der Waals surface area contributed by atoms with Gasteiger partial charge in [-0.3, -0.25) is 0 Å². The third kappa shape index (κ3) is 4.72. The molecule has 0 saturated carbocycles. The van der Waals surface area contributed by atoms with E-state index in [4.69, 9.17) is 9.47 Å². The van der Waals surface area contributed by atoms with Crippen LogP contribution in [0.4, 0.5) is 17.1 Å². The number of aromatic nitrogens is 1. The van der Waals surface area contributed by atoms with Crippen LogP contribution in [-0.2, 0) is 5.41 Å². The third-order valence-electron chi connectivity index (χ3n) is 13.4. The summed E-state index contributed by atoms with van der Waals surface area (Å²) in [5, 5.41) is 2.45. The second-order valence-corrected chi connectivity index (χ2v) is 16.9. The Balaban J connectivity index is 1.02. The lowest BCUT2D eigenvalue weighted by atomic mass is 9.70. The molecule has 2 aliphatic carbocycles. The monoisotopic (exact) mass is 796 g/mol. The molecule has 0 amide bonds. The van der Waals surface area contributed by atoms with Crippen molar-refractivity contribution in [2.24, 2.45) is 0 Å². The molecule has 0 saturated heterocycles. The molecule has 13 rings (SSSR count). The molecule has 0 bridgehead atoms. The van der Waals surface area contributed by atoms with E-state index >= 15 is 0 Å². The molecule has 0 radical (unpaired) electrons. The van der Waals surface area contributed by atoms with Crippen molar-refractivity contribution >= 4 is 38.9 Å². The fraction of sp³-hybridized carbons (Fsp3) is 0.0690. The van der Waals surface area contributed by atoms with Gasteiger partial charge in [-0.05, 0) is 119 Å². The molecule has 4 nitrogen and oxygen atoms in total. The summed E-state index contributed by atoms with van der Waals surface area (Å²) in [6, 6.07) is 72.6. The first kappa shape index (κ1) is 35.0. The molecule has 9 aromatic carbocycles. The van der Waals surface area contributed by atoms with Crippen molar-refractivity contribution in [1.82, 2.24) is 4.57 Å². The zero-order chi connectivity index (χ0) is 41.1. The second kappa shape index (κ2) is 13.1. The van der Waals surface area contributed by atoms with Crippen LogP contribution in [0.3, 0.4) is 0 Å². The van der Waals surface area contributed by atoms with Gasteiger partial charge in [0.1, 0.15) is 0 Å². The highest BCUT2D eigenvalue weighted by atomic mass is 16.6. The Morgan fingerprint density at radius 2 is 1.03 bits per heavy atom. The van der Waals surface area contributed by atoms with Gasteiger partial charge in [-0.2, -0.15) is 0 Å². The quantitative estimate of drug-likeness (QED) is 0.174. The van der Waals surface area contributed by atoms with E-state index in [0.29, 0.717) is 23.3 Å². The smallest absolute Gasteiger partial charge is 0.194 e. The molecule has 1 aliphatic heterocycles. The molecule has 1 aromatic heterocycles. The van der Waals surface area contributed by atoms with Gasteiger partial charge in [0.05, 0.1) is 11.1 Å². The number of nitrogens with zero attached hydrogens (tertiary/aromatic N) is 2. The SMILES string of the molecule is CC(C)n1c2ccccc2c2cc(N(c3ccc(-c4ccccc4)cc3)c3cccc4c3Oc3c(ccc5c3-c3ccccc3C53c5ccccc5-c5ccccc53)O4)ccc21. The van der Waals surface area contributed by atoms with Gasteiger partial charge in [0.15, 0.2) is 23.0 Å². The van der Waals surface area contributed by atoms with Gasteiger partial charge in [-0.25, -0.2) is 0 Å². The molecule has 2 heterocycles. The Labute approximate surface area is 360 Å². The summed E-state index contributed by atoms with van der Waals surface area (Å²) >= 11 is 0. The van der Waals surface area contributed by atoms with Crippen LogP contribution in [0.15, 0.2) is 200 Å². The highest BCUT2D eigenvalue weighted by Gasteiger charge is 2.53. The average molecular weight is 797 g/mol. The van der Waals surface area contributed by atoms with Crippen molar-refractivity contribution in [3.8, 4) is 56.4 Å². The van der Waals surface area contributed by atoms with E-state index in [9.17, 15) is 0 Å². The minimum atomic E-state index is -0.492. The van der Waals surface area contributed by atoms with E-state index in [1.165, 1.54) is 60.8 Å². The van der Waals surface area contributed by atoms with Crippen LogP contribution in [0.5, 0.6) is 23.0 Å². The Kier molecular flexibility index (Phi) is 7.39. The van der Waals surface area contributed by atoms with Crippen LogP contribution >= 0.6 is 0 Å². The number of hydrogen-bond donors (Lipinski definition) is 0. The Morgan fingerprint density at radius 1 is 0.435 bits per heavy atom. The van der Waals surface area contributed by atoms with Crippen molar-refractivity contribution < 1.29 is 9.47 Å². The predicted molar refractivity (Wildman–Crippen MR) is 253 cm³/mol. The fourth-order valence-corrected chi connectivity index (χ4v) is 10.9. The molecule has 0 unspecified atom stereocenters. The Bertz CT molecular complexity index is 3410. The maximum Gasteiger partial charge on any atom is 0.194 e. The number of anilines is 3. The second-order valence-electron chi connectivity index (χ2n) is 16.9. The Hall–Kier alpha value is -7.82. The summed E-state index contributed by atoms with van der Waals surface area (Å²) in [6.45, 7) is 4.51. The van der Waals surface area contributed by atoms with E-state index in [2.05, 4.69) is 217 Å². The standard InChI is InChI=1S/C58H40N2O2/c1-36(2)59-50-24-13-9-19-43(50)45-35-40(31-33-51(45)59)60(39-29-27-38(28-30-39)37-15-4-3-5-16-37)52-25-14-26-53-56(52)62-57-54(61-53)34-32-49-55(57)44-20-8-12-23-48(44)58(49)46-21-10-6-17-41(46)42-18-7-11-22-47(42)58/h3-36H,1-2H3. The summed E-state index contributed by atoms with van der Waals surface area (Å²) in [4.78, 5) is 2.32.